The second-order valence-electron chi connectivity index (χ2n) is 4.89. The number of ketones is 1. The van der Waals surface area contributed by atoms with Crippen molar-refractivity contribution in [1.82, 2.24) is 0 Å². The highest BCUT2D eigenvalue weighted by Gasteiger charge is 2.31. The Hall–Kier alpha value is -1.31. The van der Waals surface area contributed by atoms with Gasteiger partial charge in [-0.2, -0.15) is 0 Å². The molecule has 0 bridgehead atoms. The molecule has 2 aliphatic rings. The smallest absolute Gasteiger partial charge is 0.173 e. The number of carbonyl (C=O) groups excluding carboxylic acids is 1. The molecule has 0 amide bonds. The molecule has 1 fully saturated rings. The van der Waals surface area contributed by atoms with E-state index < -0.39 is 0 Å². The Balaban J connectivity index is 1.64. The molecule has 1 aliphatic carbocycles. The lowest BCUT2D eigenvalue weighted by atomic mass is 9.81. The molecule has 1 heterocycles. The Morgan fingerprint density at radius 2 is 2.12 bits per heavy atom. The molecule has 1 aromatic rings. The number of para-hydroxylation sites is 1. The largest absolute Gasteiger partial charge is 0.482 e. The number of Topliss-reactive ketones (excluding diaryl/α,β-unsaturated/α-hetero) is 1. The molecule has 16 heavy (non-hydrogen) atoms. The molecule has 0 saturated heterocycles. The van der Waals surface area contributed by atoms with Gasteiger partial charge in [-0.05, 0) is 17.5 Å². The molecule has 2 heteroatoms. The molecule has 1 aromatic carbocycles. The summed E-state index contributed by atoms with van der Waals surface area (Å²) in [5, 5.41) is 0. The Kier molecular flexibility index (Phi) is 2.43. The van der Waals surface area contributed by atoms with Crippen molar-refractivity contribution >= 4 is 5.78 Å². The summed E-state index contributed by atoms with van der Waals surface area (Å²) in [6.45, 7) is 0. The summed E-state index contributed by atoms with van der Waals surface area (Å²) in [5.41, 5.74) is 1.18. The third kappa shape index (κ3) is 1.73. The van der Waals surface area contributed by atoms with Gasteiger partial charge in [0.2, 0.25) is 0 Å². The maximum atomic E-state index is 12.0. The number of rotatable bonds is 3. The first kappa shape index (κ1) is 9.88. The number of hydrogen-bond donors (Lipinski definition) is 0. The number of hydrogen-bond acceptors (Lipinski definition) is 2. The van der Waals surface area contributed by atoms with Gasteiger partial charge < -0.3 is 4.74 Å². The van der Waals surface area contributed by atoms with Gasteiger partial charge in [-0.15, -0.1) is 0 Å². The van der Waals surface area contributed by atoms with Gasteiger partial charge in [-0.3, -0.25) is 4.79 Å². The first-order chi connectivity index (χ1) is 7.83. The van der Waals surface area contributed by atoms with Gasteiger partial charge >= 0.3 is 0 Å². The molecular weight excluding hydrogens is 200 g/mol. The maximum absolute atomic E-state index is 12.0. The van der Waals surface area contributed by atoms with Gasteiger partial charge in [-0.25, -0.2) is 0 Å². The average Bonchev–Trinajstić information content (AvgIpc) is 2.66. The number of benzene rings is 1. The number of fused-ring (bicyclic) bond motifs is 1. The Bertz CT molecular complexity index is 382. The zero-order valence-electron chi connectivity index (χ0n) is 9.32. The van der Waals surface area contributed by atoms with Crippen molar-refractivity contribution in [2.24, 2.45) is 5.92 Å². The van der Waals surface area contributed by atoms with Crippen molar-refractivity contribution in [3.05, 3.63) is 29.8 Å². The van der Waals surface area contributed by atoms with E-state index in [2.05, 4.69) is 0 Å². The molecule has 0 spiro atoms. The minimum atomic E-state index is -0.210. The van der Waals surface area contributed by atoms with Crippen LogP contribution in [-0.4, -0.2) is 11.9 Å². The highest BCUT2D eigenvalue weighted by atomic mass is 16.5. The van der Waals surface area contributed by atoms with E-state index in [9.17, 15) is 4.79 Å². The second-order valence-corrected chi connectivity index (χ2v) is 4.89. The monoisotopic (exact) mass is 216 g/mol. The summed E-state index contributed by atoms with van der Waals surface area (Å²) in [5.74, 6) is 1.83. The molecule has 1 unspecified atom stereocenters. The molecule has 3 rings (SSSR count). The molecule has 1 atom stereocenters. The average molecular weight is 216 g/mol. The predicted octanol–water partition coefficient (Wildman–Crippen LogP) is 2.75. The quantitative estimate of drug-likeness (QED) is 0.776. The van der Waals surface area contributed by atoms with Gasteiger partial charge in [0.25, 0.3) is 0 Å². The van der Waals surface area contributed by atoms with Crippen LogP contribution in [0, 0.1) is 5.92 Å². The fourth-order valence-electron chi connectivity index (χ4n) is 2.47. The highest BCUT2D eigenvalue weighted by Crippen LogP contribution is 2.33. The molecular formula is C14H16O2. The van der Waals surface area contributed by atoms with Crippen molar-refractivity contribution < 1.29 is 9.53 Å². The summed E-state index contributed by atoms with van der Waals surface area (Å²) >= 11 is 0. The minimum absolute atomic E-state index is 0.210. The minimum Gasteiger partial charge on any atom is -0.482 e. The van der Waals surface area contributed by atoms with Crippen LogP contribution in [0.15, 0.2) is 24.3 Å². The summed E-state index contributed by atoms with van der Waals surface area (Å²) in [6, 6.07) is 7.95. The van der Waals surface area contributed by atoms with E-state index in [4.69, 9.17) is 4.74 Å². The standard InChI is InChI=1S/C14H16O2/c15-12(8-10-4-3-5-10)14-9-11-6-1-2-7-13(11)16-14/h1-2,6-7,10,14H,3-5,8-9H2. The number of carbonyl (C=O) groups is 1. The van der Waals surface area contributed by atoms with Crippen molar-refractivity contribution in [3.8, 4) is 5.75 Å². The van der Waals surface area contributed by atoms with E-state index in [0.717, 1.165) is 18.6 Å². The Morgan fingerprint density at radius 1 is 1.31 bits per heavy atom. The summed E-state index contributed by atoms with van der Waals surface area (Å²) < 4.78 is 5.69. The molecule has 0 N–H and O–H groups in total. The molecule has 1 aliphatic heterocycles. The fraction of sp³-hybridized carbons (Fsp3) is 0.500. The van der Waals surface area contributed by atoms with Crippen molar-refractivity contribution in [1.29, 1.82) is 0 Å². The van der Waals surface area contributed by atoms with Crippen molar-refractivity contribution in [2.45, 2.75) is 38.2 Å². The lowest BCUT2D eigenvalue weighted by molar-refractivity contribution is -0.126. The normalized spacial score (nSPS) is 23.4. The second kappa shape index (κ2) is 3.93. The van der Waals surface area contributed by atoms with Crippen LogP contribution in [-0.2, 0) is 11.2 Å². The van der Waals surface area contributed by atoms with E-state index >= 15 is 0 Å². The topological polar surface area (TPSA) is 26.3 Å². The van der Waals surface area contributed by atoms with Crippen LogP contribution in [0.4, 0.5) is 0 Å². The summed E-state index contributed by atoms with van der Waals surface area (Å²) in [4.78, 5) is 12.0. The van der Waals surface area contributed by atoms with Gasteiger partial charge in [0.1, 0.15) is 5.75 Å². The summed E-state index contributed by atoms with van der Waals surface area (Å²) in [6.07, 6.45) is 5.03. The maximum Gasteiger partial charge on any atom is 0.173 e. The van der Waals surface area contributed by atoms with Gasteiger partial charge in [0, 0.05) is 12.8 Å². The predicted molar refractivity (Wildman–Crippen MR) is 61.5 cm³/mol. The van der Waals surface area contributed by atoms with Crippen molar-refractivity contribution in [2.75, 3.05) is 0 Å². The fourth-order valence-corrected chi connectivity index (χ4v) is 2.47. The van der Waals surface area contributed by atoms with E-state index in [1.54, 1.807) is 0 Å². The van der Waals surface area contributed by atoms with Crippen LogP contribution in [0.1, 0.15) is 31.2 Å². The first-order valence-electron chi connectivity index (χ1n) is 6.10. The van der Waals surface area contributed by atoms with Crippen LogP contribution in [0.3, 0.4) is 0 Å². The third-order valence-corrected chi connectivity index (χ3v) is 3.72. The van der Waals surface area contributed by atoms with Crippen LogP contribution >= 0.6 is 0 Å². The van der Waals surface area contributed by atoms with Crippen LogP contribution in [0.25, 0.3) is 0 Å². The first-order valence-corrected chi connectivity index (χ1v) is 6.10. The zero-order valence-corrected chi connectivity index (χ0v) is 9.32. The molecule has 0 radical (unpaired) electrons. The van der Waals surface area contributed by atoms with Gasteiger partial charge in [0.15, 0.2) is 11.9 Å². The highest BCUT2D eigenvalue weighted by molar-refractivity contribution is 5.84. The summed E-state index contributed by atoms with van der Waals surface area (Å²) in [7, 11) is 0. The number of ether oxygens (including phenoxy) is 1. The van der Waals surface area contributed by atoms with Gasteiger partial charge in [0.05, 0.1) is 0 Å². The van der Waals surface area contributed by atoms with E-state index in [-0.39, 0.29) is 6.10 Å². The lowest BCUT2D eigenvalue weighted by Gasteiger charge is -2.25. The molecule has 84 valence electrons. The van der Waals surface area contributed by atoms with E-state index in [0.29, 0.717) is 11.7 Å². The molecule has 2 nitrogen and oxygen atoms in total. The van der Waals surface area contributed by atoms with Crippen LogP contribution in [0.2, 0.25) is 0 Å². The van der Waals surface area contributed by atoms with E-state index in [1.165, 1.54) is 24.8 Å². The van der Waals surface area contributed by atoms with E-state index in [1.807, 2.05) is 24.3 Å². The SMILES string of the molecule is O=C(CC1CCC1)C1Cc2ccccc2O1. The Labute approximate surface area is 95.6 Å². The lowest BCUT2D eigenvalue weighted by Crippen LogP contribution is -2.28. The third-order valence-electron chi connectivity index (χ3n) is 3.72. The van der Waals surface area contributed by atoms with Crippen LogP contribution in [0.5, 0.6) is 5.75 Å². The molecule has 0 aromatic heterocycles. The molecule has 1 saturated carbocycles. The van der Waals surface area contributed by atoms with Gasteiger partial charge in [-0.1, -0.05) is 37.5 Å². The van der Waals surface area contributed by atoms with Crippen molar-refractivity contribution in [3.63, 3.8) is 0 Å². The zero-order chi connectivity index (χ0) is 11.0. The van der Waals surface area contributed by atoms with Crippen LogP contribution < -0.4 is 4.74 Å². The Morgan fingerprint density at radius 3 is 2.81 bits per heavy atom.